The summed E-state index contributed by atoms with van der Waals surface area (Å²) in [5.41, 5.74) is 3.99. The number of benzene rings is 1. The lowest BCUT2D eigenvalue weighted by Crippen LogP contribution is -2.03. The standard InChI is InChI=1S/C16H18ClNO/c1-12-11-15(16(19)9-6-10-17)13(2)18(12)14-7-4-3-5-8-14/h3-5,7-8,11H,6,9-10H2,1-2H3. The lowest BCUT2D eigenvalue weighted by molar-refractivity contribution is 0.0981. The summed E-state index contributed by atoms with van der Waals surface area (Å²) in [7, 11) is 0. The average molecular weight is 276 g/mol. The molecule has 0 aliphatic heterocycles. The zero-order chi connectivity index (χ0) is 13.8. The summed E-state index contributed by atoms with van der Waals surface area (Å²) in [4.78, 5) is 12.1. The van der Waals surface area contributed by atoms with Crippen LogP contribution >= 0.6 is 11.6 Å². The third-order valence-corrected chi connectivity index (χ3v) is 3.55. The maximum atomic E-state index is 12.1. The summed E-state index contributed by atoms with van der Waals surface area (Å²) >= 11 is 5.65. The number of hydrogen-bond acceptors (Lipinski definition) is 1. The highest BCUT2D eigenvalue weighted by Crippen LogP contribution is 2.22. The van der Waals surface area contributed by atoms with Crippen molar-refractivity contribution in [1.29, 1.82) is 0 Å². The lowest BCUT2D eigenvalue weighted by atomic mass is 10.1. The molecule has 19 heavy (non-hydrogen) atoms. The van der Waals surface area contributed by atoms with Crippen molar-refractivity contribution < 1.29 is 4.79 Å². The maximum absolute atomic E-state index is 12.1. The monoisotopic (exact) mass is 275 g/mol. The molecular weight excluding hydrogens is 258 g/mol. The summed E-state index contributed by atoms with van der Waals surface area (Å²) in [5.74, 6) is 0.708. The Bertz CT molecular complexity index is 572. The number of halogens is 1. The van der Waals surface area contributed by atoms with Crippen LogP contribution in [0.2, 0.25) is 0 Å². The first kappa shape index (κ1) is 13.9. The van der Waals surface area contributed by atoms with E-state index in [0.29, 0.717) is 12.3 Å². The Balaban J connectivity index is 2.38. The molecular formula is C16H18ClNO. The van der Waals surface area contributed by atoms with E-state index >= 15 is 0 Å². The van der Waals surface area contributed by atoms with Gasteiger partial charge in [0, 0.05) is 34.9 Å². The van der Waals surface area contributed by atoms with E-state index in [1.54, 1.807) is 0 Å². The van der Waals surface area contributed by atoms with Gasteiger partial charge in [-0.05, 0) is 38.5 Å². The normalized spacial score (nSPS) is 10.7. The fourth-order valence-electron chi connectivity index (χ4n) is 2.38. The van der Waals surface area contributed by atoms with Crippen LogP contribution in [0.5, 0.6) is 0 Å². The summed E-state index contributed by atoms with van der Waals surface area (Å²) in [5, 5.41) is 0. The van der Waals surface area contributed by atoms with Gasteiger partial charge in [0.2, 0.25) is 0 Å². The molecule has 0 atom stereocenters. The van der Waals surface area contributed by atoms with Crippen LogP contribution in [-0.2, 0) is 0 Å². The third-order valence-electron chi connectivity index (χ3n) is 3.28. The second-order valence-electron chi connectivity index (χ2n) is 4.67. The summed E-state index contributed by atoms with van der Waals surface area (Å²) < 4.78 is 2.12. The van der Waals surface area contributed by atoms with Gasteiger partial charge in [0.05, 0.1) is 0 Å². The van der Waals surface area contributed by atoms with Gasteiger partial charge in [-0.15, -0.1) is 11.6 Å². The molecule has 0 radical (unpaired) electrons. The van der Waals surface area contributed by atoms with E-state index in [1.807, 2.05) is 50.2 Å². The number of carbonyl (C=O) groups is 1. The predicted octanol–water partition coefficient (Wildman–Crippen LogP) is 4.30. The number of aryl methyl sites for hydroxylation is 1. The van der Waals surface area contributed by atoms with Gasteiger partial charge in [-0.3, -0.25) is 4.79 Å². The van der Waals surface area contributed by atoms with E-state index in [4.69, 9.17) is 11.6 Å². The molecule has 0 amide bonds. The molecule has 0 saturated heterocycles. The fourth-order valence-corrected chi connectivity index (χ4v) is 2.52. The second-order valence-corrected chi connectivity index (χ2v) is 5.05. The van der Waals surface area contributed by atoms with Crippen molar-refractivity contribution in [3.8, 4) is 5.69 Å². The van der Waals surface area contributed by atoms with Crippen LogP contribution in [0.1, 0.15) is 34.6 Å². The van der Waals surface area contributed by atoms with Crippen LogP contribution in [0.25, 0.3) is 5.69 Å². The molecule has 2 rings (SSSR count). The first-order valence-corrected chi connectivity index (χ1v) is 7.02. The Kier molecular flexibility index (Phi) is 4.43. The van der Waals surface area contributed by atoms with Gasteiger partial charge in [0.25, 0.3) is 0 Å². The van der Waals surface area contributed by atoms with Crippen molar-refractivity contribution in [2.45, 2.75) is 26.7 Å². The number of Topliss-reactive ketones (excluding diaryl/α,β-unsaturated/α-hetero) is 1. The number of nitrogens with zero attached hydrogens (tertiary/aromatic N) is 1. The number of ketones is 1. The van der Waals surface area contributed by atoms with E-state index in [0.717, 1.165) is 29.1 Å². The number of para-hydroxylation sites is 1. The van der Waals surface area contributed by atoms with E-state index < -0.39 is 0 Å². The Hall–Kier alpha value is -1.54. The van der Waals surface area contributed by atoms with Gasteiger partial charge in [0.15, 0.2) is 5.78 Å². The second kappa shape index (κ2) is 6.07. The molecule has 1 heterocycles. The summed E-state index contributed by atoms with van der Waals surface area (Å²) in [6.45, 7) is 4.02. The maximum Gasteiger partial charge on any atom is 0.164 e. The Labute approximate surface area is 119 Å². The SMILES string of the molecule is Cc1cc(C(=O)CCCCl)c(C)n1-c1ccccc1. The highest BCUT2D eigenvalue weighted by Gasteiger charge is 2.15. The lowest BCUT2D eigenvalue weighted by Gasteiger charge is -2.09. The van der Waals surface area contributed by atoms with Crippen molar-refractivity contribution in [1.82, 2.24) is 4.57 Å². The first-order chi connectivity index (χ1) is 9.15. The van der Waals surface area contributed by atoms with Gasteiger partial charge in [-0.25, -0.2) is 0 Å². The van der Waals surface area contributed by atoms with E-state index in [9.17, 15) is 4.79 Å². The Morgan fingerprint density at radius 1 is 1.21 bits per heavy atom. The highest BCUT2D eigenvalue weighted by atomic mass is 35.5. The molecule has 0 saturated carbocycles. The molecule has 0 aliphatic carbocycles. The van der Waals surface area contributed by atoms with Crippen LogP contribution in [0, 0.1) is 13.8 Å². The minimum atomic E-state index is 0.177. The summed E-state index contributed by atoms with van der Waals surface area (Å²) in [6, 6.07) is 12.1. The van der Waals surface area contributed by atoms with E-state index in [-0.39, 0.29) is 5.78 Å². The van der Waals surface area contributed by atoms with Gasteiger partial charge in [-0.2, -0.15) is 0 Å². The van der Waals surface area contributed by atoms with Crippen molar-refractivity contribution in [2.24, 2.45) is 0 Å². The molecule has 2 nitrogen and oxygen atoms in total. The zero-order valence-corrected chi connectivity index (χ0v) is 12.1. The predicted molar refractivity (Wildman–Crippen MR) is 79.5 cm³/mol. The van der Waals surface area contributed by atoms with Crippen molar-refractivity contribution >= 4 is 17.4 Å². The molecule has 0 spiro atoms. The highest BCUT2D eigenvalue weighted by molar-refractivity contribution is 6.18. The quantitative estimate of drug-likeness (QED) is 0.589. The largest absolute Gasteiger partial charge is 0.318 e. The molecule has 2 aromatic rings. The molecule has 0 aliphatic rings. The molecule has 0 bridgehead atoms. The van der Waals surface area contributed by atoms with E-state index in [1.165, 1.54) is 0 Å². The molecule has 1 aromatic heterocycles. The van der Waals surface area contributed by atoms with Crippen LogP contribution in [0.3, 0.4) is 0 Å². The first-order valence-electron chi connectivity index (χ1n) is 6.48. The smallest absolute Gasteiger partial charge is 0.164 e. The van der Waals surface area contributed by atoms with E-state index in [2.05, 4.69) is 4.57 Å². The third kappa shape index (κ3) is 2.90. The number of alkyl halides is 1. The number of hydrogen-bond donors (Lipinski definition) is 0. The Morgan fingerprint density at radius 2 is 1.89 bits per heavy atom. The Morgan fingerprint density at radius 3 is 2.53 bits per heavy atom. The molecule has 1 aromatic carbocycles. The minimum Gasteiger partial charge on any atom is -0.318 e. The van der Waals surface area contributed by atoms with Crippen molar-refractivity contribution in [3.05, 3.63) is 53.3 Å². The van der Waals surface area contributed by atoms with Crippen molar-refractivity contribution in [2.75, 3.05) is 5.88 Å². The molecule has 0 fully saturated rings. The molecule has 0 unspecified atom stereocenters. The van der Waals surface area contributed by atoms with Gasteiger partial charge in [0.1, 0.15) is 0 Å². The topological polar surface area (TPSA) is 22.0 Å². The molecule has 0 N–H and O–H groups in total. The van der Waals surface area contributed by atoms with Gasteiger partial charge >= 0.3 is 0 Å². The number of carbonyl (C=O) groups excluding carboxylic acids is 1. The van der Waals surface area contributed by atoms with Crippen LogP contribution in [0.15, 0.2) is 36.4 Å². The van der Waals surface area contributed by atoms with Crippen LogP contribution in [-0.4, -0.2) is 16.2 Å². The molecule has 3 heteroatoms. The van der Waals surface area contributed by atoms with Gasteiger partial charge in [-0.1, -0.05) is 18.2 Å². The van der Waals surface area contributed by atoms with Crippen LogP contribution < -0.4 is 0 Å². The van der Waals surface area contributed by atoms with Crippen LogP contribution in [0.4, 0.5) is 0 Å². The summed E-state index contributed by atoms with van der Waals surface area (Å²) in [6.07, 6.45) is 1.25. The average Bonchev–Trinajstić information content (AvgIpc) is 2.72. The molecule has 100 valence electrons. The zero-order valence-electron chi connectivity index (χ0n) is 11.3. The number of aromatic nitrogens is 1. The fraction of sp³-hybridized carbons (Fsp3) is 0.312. The van der Waals surface area contributed by atoms with Crippen molar-refractivity contribution in [3.63, 3.8) is 0 Å². The number of rotatable bonds is 5. The van der Waals surface area contributed by atoms with Gasteiger partial charge < -0.3 is 4.57 Å². The minimum absolute atomic E-state index is 0.177.